The van der Waals surface area contributed by atoms with E-state index in [1.807, 2.05) is 42.5 Å². The average Bonchev–Trinajstić information content (AvgIpc) is 2.31. The monoisotopic (exact) mass is 192 g/mol. The van der Waals surface area contributed by atoms with Crippen molar-refractivity contribution in [3.8, 4) is 6.07 Å². The van der Waals surface area contributed by atoms with E-state index in [-0.39, 0.29) is 0 Å². The molecule has 0 saturated carbocycles. The van der Waals surface area contributed by atoms with Gasteiger partial charge in [-0.1, -0.05) is 36.4 Å². The van der Waals surface area contributed by atoms with E-state index in [2.05, 4.69) is 18.2 Å². The number of hydrogen-bond donors (Lipinski definition) is 0. The Kier molecular flexibility index (Phi) is 2.80. The Morgan fingerprint density at radius 2 is 1.87 bits per heavy atom. The van der Waals surface area contributed by atoms with Crippen LogP contribution in [0.1, 0.15) is 16.7 Å². The summed E-state index contributed by atoms with van der Waals surface area (Å²) < 4.78 is 0. The highest BCUT2D eigenvalue weighted by Crippen LogP contribution is 2.09. The summed E-state index contributed by atoms with van der Waals surface area (Å²) in [7, 11) is 0. The topological polar surface area (TPSA) is 23.8 Å². The van der Waals surface area contributed by atoms with Crippen LogP contribution in [0.25, 0.3) is 0 Å². The van der Waals surface area contributed by atoms with Crippen LogP contribution in [0.5, 0.6) is 0 Å². The Bertz CT molecular complexity index is 463. The van der Waals surface area contributed by atoms with E-state index in [1.165, 1.54) is 11.1 Å². The number of hydrogen-bond acceptors (Lipinski definition) is 1. The van der Waals surface area contributed by atoms with Gasteiger partial charge in [0.15, 0.2) is 0 Å². The quantitative estimate of drug-likeness (QED) is 0.717. The Morgan fingerprint density at radius 3 is 2.47 bits per heavy atom. The maximum atomic E-state index is 8.66. The summed E-state index contributed by atoms with van der Waals surface area (Å²) in [4.78, 5) is 0. The normalized spacial score (nSPS) is 9.53. The standard InChI is InChI=1S/C14H10N/c15-11-14-8-6-13(7-9-14)10-12-4-2-1-3-5-12/h1-4,6-9H,10H2. The van der Waals surface area contributed by atoms with E-state index in [0.29, 0.717) is 5.56 Å². The molecule has 71 valence electrons. The number of nitrogens with zero attached hydrogens (tertiary/aromatic N) is 1. The van der Waals surface area contributed by atoms with Gasteiger partial charge in [0.2, 0.25) is 0 Å². The molecule has 1 heteroatoms. The van der Waals surface area contributed by atoms with Crippen LogP contribution in [0.3, 0.4) is 0 Å². The first-order valence-electron chi connectivity index (χ1n) is 4.83. The van der Waals surface area contributed by atoms with Gasteiger partial charge < -0.3 is 0 Å². The van der Waals surface area contributed by atoms with E-state index in [1.54, 1.807) is 0 Å². The third-order valence-corrected chi connectivity index (χ3v) is 2.25. The zero-order valence-electron chi connectivity index (χ0n) is 8.27. The molecular weight excluding hydrogens is 182 g/mol. The lowest BCUT2D eigenvalue weighted by molar-refractivity contribution is 1.19. The molecule has 0 aliphatic heterocycles. The molecule has 0 unspecified atom stereocenters. The van der Waals surface area contributed by atoms with Gasteiger partial charge in [0, 0.05) is 0 Å². The second kappa shape index (κ2) is 4.43. The molecule has 0 spiro atoms. The summed E-state index contributed by atoms with van der Waals surface area (Å²) in [5.41, 5.74) is 3.08. The van der Waals surface area contributed by atoms with Crippen molar-refractivity contribution < 1.29 is 0 Å². The van der Waals surface area contributed by atoms with E-state index >= 15 is 0 Å². The van der Waals surface area contributed by atoms with Gasteiger partial charge in [-0.15, -0.1) is 0 Å². The minimum atomic E-state index is 0.704. The second-order valence-corrected chi connectivity index (χ2v) is 3.37. The third kappa shape index (κ3) is 2.45. The van der Waals surface area contributed by atoms with E-state index in [4.69, 9.17) is 5.26 Å². The summed E-state index contributed by atoms with van der Waals surface area (Å²) in [6.45, 7) is 0. The third-order valence-electron chi connectivity index (χ3n) is 2.25. The van der Waals surface area contributed by atoms with Gasteiger partial charge >= 0.3 is 0 Å². The molecule has 0 aliphatic carbocycles. The van der Waals surface area contributed by atoms with Crippen LogP contribution >= 0.6 is 0 Å². The van der Waals surface area contributed by atoms with Crippen molar-refractivity contribution in [1.29, 1.82) is 5.26 Å². The van der Waals surface area contributed by atoms with Crippen LogP contribution in [-0.4, -0.2) is 0 Å². The molecule has 15 heavy (non-hydrogen) atoms. The number of benzene rings is 2. The zero-order valence-corrected chi connectivity index (χ0v) is 8.27. The van der Waals surface area contributed by atoms with Crippen LogP contribution in [-0.2, 0) is 6.42 Å². The molecule has 0 atom stereocenters. The van der Waals surface area contributed by atoms with Crippen molar-refractivity contribution in [2.75, 3.05) is 0 Å². The highest BCUT2D eigenvalue weighted by molar-refractivity contribution is 5.33. The van der Waals surface area contributed by atoms with Crippen LogP contribution in [0.2, 0.25) is 0 Å². The minimum absolute atomic E-state index is 0.704. The van der Waals surface area contributed by atoms with Crippen molar-refractivity contribution in [3.05, 3.63) is 71.3 Å². The molecule has 0 heterocycles. The number of nitriles is 1. The molecule has 0 aliphatic rings. The Hall–Kier alpha value is -2.07. The lowest BCUT2D eigenvalue weighted by Crippen LogP contribution is -1.87. The van der Waals surface area contributed by atoms with Gasteiger partial charge in [-0.05, 0) is 35.7 Å². The molecule has 1 nitrogen and oxygen atoms in total. The molecule has 1 radical (unpaired) electrons. The number of rotatable bonds is 2. The van der Waals surface area contributed by atoms with Gasteiger partial charge in [-0.3, -0.25) is 0 Å². The van der Waals surface area contributed by atoms with Gasteiger partial charge in [-0.2, -0.15) is 5.26 Å². The fourth-order valence-electron chi connectivity index (χ4n) is 1.46. The molecule has 2 aromatic carbocycles. The largest absolute Gasteiger partial charge is 0.192 e. The van der Waals surface area contributed by atoms with E-state index in [9.17, 15) is 0 Å². The summed E-state index contributed by atoms with van der Waals surface area (Å²) in [5, 5.41) is 8.66. The molecule has 2 aromatic rings. The van der Waals surface area contributed by atoms with Crippen molar-refractivity contribution >= 4 is 0 Å². The molecule has 2 rings (SSSR count). The Labute approximate surface area is 89.6 Å². The maximum absolute atomic E-state index is 8.66. The average molecular weight is 192 g/mol. The predicted molar refractivity (Wildman–Crippen MR) is 59.2 cm³/mol. The Balaban J connectivity index is 2.16. The lowest BCUT2D eigenvalue weighted by Gasteiger charge is -2.00. The van der Waals surface area contributed by atoms with Gasteiger partial charge in [0.25, 0.3) is 0 Å². The van der Waals surface area contributed by atoms with Crippen molar-refractivity contribution in [1.82, 2.24) is 0 Å². The van der Waals surface area contributed by atoms with Crippen molar-refractivity contribution in [2.24, 2.45) is 0 Å². The van der Waals surface area contributed by atoms with Crippen LogP contribution in [0.15, 0.2) is 48.5 Å². The molecular formula is C14H10N. The first-order valence-corrected chi connectivity index (χ1v) is 4.83. The maximum Gasteiger partial charge on any atom is 0.0991 e. The molecule has 0 fully saturated rings. The smallest absolute Gasteiger partial charge is 0.0991 e. The van der Waals surface area contributed by atoms with Crippen molar-refractivity contribution in [2.45, 2.75) is 6.42 Å². The molecule has 0 aromatic heterocycles. The zero-order chi connectivity index (χ0) is 10.5. The molecule has 0 N–H and O–H groups in total. The first-order chi connectivity index (χ1) is 7.38. The van der Waals surface area contributed by atoms with E-state index < -0.39 is 0 Å². The van der Waals surface area contributed by atoms with E-state index in [0.717, 1.165) is 6.42 Å². The molecule has 0 amide bonds. The summed E-state index contributed by atoms with van der Waals surface area (Å²) in [6.07, 6.45) is 0.868. The minimum Gasteiger partial charge on any atom is -0.192 e. The van der Waals surface area contributed by atoms with Gasteiger partial charge in [0.05, 0.1) is 11.6 Å². The highest BCUT2D eigenvalue weighted by atomic mass is 14.2. The first kappa shape index (κ1) is 9.48. The van der Waals surface area contributed by atoms with Gasteiger partial charge in [-0.25, -0.2) is 0 Å². The van der Waals surface area contributed by atoms with Crippen molar-refractivity contribution in [3.63, 3.8) is 0 Å². The summed E-state index contributed by atoms with van der Waals surface area (Å²) in [6, 6.07) is 20.9. The summed E-state index contributed by atoms with van der Waals surface area (Å²) >= 11 is 0. The fourth-order valence-corrected chi connectivity index (χ4v) is 1.46. The predicted octanol–water partition coefficient (Wildman–Crippen LogP) is 2.95. The van der Waals surface area contributed by atoms with Crippen LogP contribution in [0.4, 0.5) is 0 Å². The molecule has 0 bridgehead atoms. The Morgan fingerprint density at radius 1 is 1.07 bits per heavy atom. The fraction of sp³-hybridized carbons (Fsp3) is 0.0714. The van der Waals surface area contributed by atoms with Crippen LogP contribution < -0.4 is 0 Å². The molecule has 0 saturated heterocycles. The van der Waals surface area contributed by atoms with Gasteiger partial charge in [0.1, 0.15) is 0 Å². The SMILES string of the molecule is N#Cc1ccc(Cc2[c]cccc2)cc1. The summed E-state index contributed by atoms with van der Waals surface area (Å²) in [5.74, 6) is 0. The highest BCUT2D eigenvalue weighted by Gasteiger charge is 1.96. The second-order valence-electron chi connectivity index (χ2n) is 3.37. The lowest BCUT2D eigenvalue weighted by atomic mass is 10.0. The van der Waals surface area contributed by atoms with Crippen LogP contribution in [0, 0.1) is 17.4 Å².